The minimum absolute atomic E-state index is 0.649. The largest absolute Gasteiger partial charge is 0.494 e. The molecule has 4 rings (SSSR count). The van der Waals surface area contributed by atoms with Crippen LogP contribution >= 0.6 is 11.7 Å². The molecule has 150 valence electrons. The van der Waals surface area contributed by atoms with Crippen LogP contribution < -0.4 is 4.74 Å². The average Bonchev–Trinajstić information content (AvgIpc) is 3.29. The fourth-order valence-corrected chi connectivity index (χ4v) is 4.08. The number of ether oxygens (including phenoxy) is 1. The molecule has 5 heteroatoms. The van der Waals surface area contributed by atoms with Crippen molar-refractivity contribution in [2.75, 3.05) is 6.61 Å². The molecule has 0 atom stereocenters. The topological polar surface area (TPSA) is 58.8 Å². The molecule has 1 aromatic heterocycles. The lowest BCUT2D eigenvalue weighted by atomic mass is 9.97. The monoisotopic (exact) mass is 413 g/mol. The van der Waals surface area contributed by atoms with Crippen molar-refractivity contribution in [3.63, 3.8) is 0 Å². The lowest BCUT2D eigenvalue weighted by Gasteiger charge is -2.09. The molecule has 0 bridgehead atoms. The number of nitrogens with zero attached hydrogens (tertiary/aromatic N) is 3. The molecule has 0 amide bonds. The number of nitriles is 1. The molecule has 0 aliphatic rings. The number of benzene rings is 3. The Morgan fingerprint density at radius 1 is 0.800 bits per heavy atom. The number of rotatable bonds is 8. The molecule has 4 nitrogen and oxygen atoms in total. The molecule has 30 heavy (non-hydrogen) atoms. The van der Waals surface area contributed by atoms with E-state index in [1.54, 1.807) is 0 Å². The van der Waals surface area contributed by atoms with E-state index in [-0.39, 0.29) is 0 Å². The first kappa shape index (κ1) is 20.1. The first-order valence-electron chi connectivity index (χ1n) is 10.3. The Morgan fingerprint density at radius 2 is 1.40 bits per heavy atom. The van der Waals surface area contributed by atoms with Crippen molar-refractivity contribution in [2.24, 2.45) is 0 Å². The van der Waals surface area contributed by atoms with E-state index in [0.29, 0.717) is 5.56 Å². The highest BCUT2D eigenvalue weighted by Crippen LogP contribution is 2.35. The maximum Gasteiger partial charge on any atom is 0.119 e. The third-order valence-electron chi connectivity index (χ3n) is 5.17. The van der Waals surface area contributed by atoms with Crippen molar-refractivity contribution in [3.8, 4) is 34.1 Å². The number of hydrogen-bond acceptors (Lipinski definition) is 5. The van der Waals surface area contributed by atoms with E-state index in [4.69, 9.17) is 10.00 Å². The van der Waals surface area contributed by atoms with Crippen molar-refractivity contribution in [3.05, 3.63) is 66.2 Å². The van der Waals surface area contributed by atoms with Gasteiger partial charge in [-0.1, -0.05) is 62.6 Å². The maximum absolute atomic E-state index is 9.02. The van der Waals surface area contributed by atoms with Crippen LogP contribution in [-0.4, -0.2) is 15.4 Å². The third-order valence-corrected chi connectivity index (χ3v) is 5.70. The molecule has 1 heterocycles. The van der Waals surface area contributed by atoms with E-state index in [0.717, 1.165) is 52.1 Å². The van der Waals surface area contributed by atoms with Crippen LogP contribution in [0.1, 0.15) is 38.2 Å². The highest BCUT2D eigenvalue weighted by atomic mass is 32.1. The summed E-state index contributed by atoms with van der Waals surface area (Å²) in [5.41, 5.74) is 6.65. The van der Waals surface area contributed by atoms with Crippen LogP contribution in [-0.2, 0) is 0 Å². The van der Waals surface area contributed by atoms with E-state index in [2.05, 4.69) is 46.0 Å². The second-order valence-corrected chi connectivity index (χ2v) is 7.77. The summed E-state index contributed by atoms with van der Waals surface area (Å²) in [4.78, 5) is 0. The van der Waals surface area contributed by atoms with Gasteiger partial charge in [0, 0.05) is 11.1 Å². The zero-order valence-corrected chi connectivity index (χ0v) is 17.8. The summed E-state index contributed by atoms with van der Waals surface area (Å²) in [5, 5.41) is 9.02. The van der Waals surface area contributed by atoms with Gasteiger partial charge in [-0.05, 0) is 41.8 Å². The van der Waals surface area contributed by atoms with Crippen LogP contribution in [0.4, 0.5) is 0 Å². The summed E-state index contributed by atoms with van der Waals surface area (Å²) in [6.07, 6.45) is 4.81. The Balaban J connectivity index is 1.56. The fraction of sp³-hybridized carbons (Fsp3) is 0.240. The summed E-state index contributed by atoms with van der Waals surface area (Å²) in [6, 6.07) is 22.1. The Hall–Kier alpha value is -3.23. The summed E-state index contributed by atoms with van der Waals surface area (Å²) in [7, 11) is 0. The number of aromatic nitrogens is 2. The first-order chi connectivity index (χ1) is 14.8. The van der Waals surface area contributed by atoms with Crippen molar-refractivity contribution in [1.82, 2.24) is 8.75 Å². The molecule has 0 radical (unpaired) electrons. The standard InChI is InChI=1S/C25H23N3OS/c1-2-3-4-5-16-29-21-12-10-20(11-13-21)23-15-14-22(24-25(23)28-30-27-24)19-8-6-18(17-26)7-9-19/h6-15H,2-5,16H2,1H3. The third kappa shape index (κ3) is 4.34. The number of fused-ring (bicyclic) bond motifs is 1. The van der Waals surface area contributed by atoms with Gasteiger partial charge >= 0.3 is 0 Å². The highest BCUT2D eigenvalue weighted by molar-refractivity contribution is 7.00. The van der Waals surface area contributed by atoms with Crippen molar-refractivity contribution < 1.29 is 4.74 Å². The Morgan fingerprint density at radius 3 is 1.97 bits per heavy atom. The van der Waals surface area contributed by atoms with Crippen LogP contribution in [0.2, 0.25) is 0 Å². The van der Waals surface area contributed by atoms with Gasteiger partial charge in [-0.3, -0.25) is 0 Å². The fourth-order valence-electron chi connectivity index (χ4n) is 3.51. The van der Waals surface area contributed by atoms with Crippen molar-refractivity contribution in [1.29, 1.82) is 5.26 Å². The van der Waals surface area contributed by atoms with Gasteiger partial charge in [0.1, 0.15) is 16.8 Å². The molecule has 0 unspecified atom stereocenters. The summed E-state index contributed by atoms with van der Waals surface area (Å²) in [6.45, 7) is 2.98. The molecule has 0 fully saturated rings. The van der Waals surface area contributed by atoms with E-state index >= 15 is 0 Å². The number of unbranched alkanes of at least 4 members (excludes halogenated alkanes) is 3. The summed E-state index contributed by atoms with van der Waals surface area (Å²) in [5.74, 6) is 0.900. The first-order valence-corrected chi connectivity index (χ1v) is 11.0. The van der Waals surface area contributed by atoms with Crippen LogP contribution in [0, 0.1) is 11.3 Å². The second kappa shape index (κ2) is 9.51. The molecule has 4 aromatic rings. The van der Waals surface area contributed by atoms with E-state index in [1.165, 1.54) is 31.0 Å². The van der Waals surface area contributed by atoms with Crippen molar-refractivity contribution >= 4 is 22.8 Å². The minimum Gasteiger partial charge on any atom is -0.494 e. The van der Waals surface area contributed by atoms with Gasteiger partial charge in [0.25, 0.3) is 0 Å². The van der Waals surface area contributed by atoms with Gasteiger partial charge in [0.2, 0.25) is 0 Å². The van der Waals surface area contributed by atoms with Gasteiger partial charge in [0.15, 0.2) is 0 Å². The predicted octanol–water partition coefficient (Wildman–Crippen LogP) is 6.86. The van der Waals surface area contributed by atoms with Gasteiger partial charge in [-0.2, -0.15) is 14.0 Å². The van der Waals surface area contributed by atoms with E-state index in [9.17, 15) is 0 Å². The summed E-state index contributed by atoms with van der Waals surface area (Å²) >= 11 is 1.22. The molecule has 0 saturated carbocycles. The quantitative estimate of drug-likeness (QED) is 0.296. The lowest BCUT2D eigenvalue weighted by Crippen LogP contribution is -1.97. The normalized spacial score (nSPS) is 10.8. The predicted molar refractivity (Wildman–Crippen MR) is 123 cm³/mol. The molecule has 3 aromatic carbocycles. The average molecular weight is 414 g/mol. The van der Waals surface area contributed by atoms with Gasteiger partial charge in [-0.15, -0.1) is 0 Å². The molecule has 0 aliphatic carbocycles. The lowest BCUT2D eigenvalue weighted by molar-refractivity contribution is 0.305. The second-order valence-electron chi connectivity index (χ2n) is 7.24. The summed E-state index contributed by atoms with van der Waals surface area (Å²) < 4.78 is 15.0. The maximum atomic E-state index is 9.02. The number of hydrogen-bond donors (Lipinski definition) is 0. The highest BCUT2D eigenvalue weighted by Gasteiger charge is 2.13. The molecule has 0 aliphatic heterocycles. The smallest absolute Gasteiger partial charge is 0.119 e. The van der Waals surface area contributed by atoms with E-state index < -0.39 is 0 Å². The molecular formula is C25H23N3OS. The van der Waals surface area contributed by atoms with Gasteiger partial charge in [0.05, 0.1) is 30.0 Å². The van der Waals surface area contributed by atoms with Gasteiger partial charge < -0.3 is 4.74 Å². The molecule has 0 N–H and O–H groups in total. The Labute approximate surface area is 181 Å². The van der Waals surface area contributed by atoms with Crippen LogP contribution in [0.15, 0.2) is 60.7 Å². The zero-order valence-electron chi connectivity index (χ0n) is 17.0. The van der Waals surface area contributed by atoms with E-state index in [1.807, 2.05) is 36.4 Å². The Bertz CT molecular complexity index is 1160. The van der Waals surface area contributed by atoms with Crippen LogP contribution in [0.3, 0.4) is 0 Å². The SMILES string of the molecule is CCCCCCOc1ccc(-c2ccc(-c3ccc(C#N)cc3)c3nsnc23)cc1. The van der Waals surface area contributed by atoms with Crippen molar-refractivity contribution in [2.45, 2.75) is 32.6 Å². The molecule has 0 saturated heterocycles. The van der Waals surface area contributed by atoms with Crippen LogP contribution in [0.25, 0.3) is 33.3 Å². The van der Waals surface area contributed by atoms with Gasteiger partial charge in [-0.25, -0.2) is 0 Å². The van der Waals surface area contributed by atoms with Crippen LogP contribution in [0.5, 0.6) is 5.75 Å². The molecular weight excluding hydrogens is 390 g/mol. The molecule has 0 spiro atoms. The Kier molecular flexibility index (Phi) is 6.36. The zero-order chi connectivity index (χ0) is 20.8. The minimum atomic E-state index is 0.649.